The predicted molar refractivity (Wildman–Crippen MR) is 101 cm³/mol. The average Bonchev–Trinajstić information content (AvgIpc) is 3.15. The van der Waals surface area contributed by atoms with Gasteiger partial charge in [-0.05, 0) is 32.2 Å². The van der Waals surface area contributed by atoms with E-state index in [1.54, 1.807) is 0 Å². The minimum absolute atomic E-state index is 0.0925. The molecule has 1 unspecified atom stereocenters. The zero-order valence-corrected chi connectivity index (χ0v) is 15.6. The summed E-state index contributed by atoms with van der Waals surface area (Å²) in [5.41, 5.74) is 2.02. The van der Waals surface area contributed by atoms with Crippen molar-refractivity contribution < 1.29 is 9.21 Å². The predicted octanol–water partition coefficient (Wildman–Crippen LogP) is 3.88. The smallest absolute Gasteiger partial charge is 0.234 e. The van der Waals surface area contributed by atoms with Gasteiger partial charge < -0.3 is 9.73 Å². The molecule has 2 aromatic rings. The molecular weight excluding hydrogens is 326 g/mol. The van der Waals surface area contributed by atoms with E-state index in [1.807, 2.05) is 18.2 Å². The minimum atomic E-state index is 0.0925. The summed E-state index contributed by atoms with van der Waals surface area (Å²) in [7, 11) is 0. The summed E-state index contributed by atoms with van der Waals surface area (Å²) in [6.07, 6.45) is 4.30. The molecule has 1 aliphatic heterocycles. The molecule has 1 aromatic carbocycles. The Balaban J connectivity index is 1.57. The number of likely N-dealkylation sites (tertiary alicyclic amines) is 1. The Morgan fingerprint density at radius 2 is 2.04 bits per heavy atom. The molecule has 2 aliphatic rings. The van der Waals surface area contributed by atoms with Gasteiger partial charge >= 0.3 is 0 Å². The number of amides is 1. The first kappa shape index (κ1) is 17.3. The second-order valence-electron chi connectivity index (χ2n) is 7.76. The van der Waals surface area contributed by atoms with Crippen molar-refractivity contribution in [1.29, 1.82) is 0 Å². The number of aromatic nitrogens is 1. The standard InChI is InChI=1S/C21H27N3O2/c1-14(2)20-19(15-7-4-3-5-8-15)23-21(26-20)17-9-6-12-24(17)13-18(25)22-16-10-11-16/h3-5,7-8,14,16-17H,6,9-13H2,1-2H3,(H,22,25). The zero-order valence-electron chi connectivity index (χ0n) is 15.6. The van der Waals surface area contributed by atoms with Crippen molar-refractivity contribution in [2.45, 2.75) is 57.5 Å². The van der Waals surface area contributed by atoms with Crippen LogP contribution < -0.4 is 5.32 Å². The first-order valence-corrected chi connectivity index (χ1v) is 9.71. The van der Waals surface area contributed by atoms with Crippen LogP contribution in [0.25, 0.3) is 11.3 Å². The molecule has 138 valence electrons. The van der Waals surface area contributed by atoms with E-state index in [9.17, 15) is 4.79 Å². The highest BCUT2D eigenvalue weighted by atomic mass is 16.4. The van der Waals surface area contributed by atoms with Crippen LogP contribution in [0.15, 0.2) is 34.7 Å². The van der Waals surface area contributed by atoms with Gasteiger partial charge in [0, 0.05) is 17.5 Å². The molecule has 2 heterocycles. The summed E-state index contributed by atoms with van der Waals surface area (Å²) in [5.74, 6) is 2.07. The lowest BCUT2D eigenvalue weighted by Gasteiger charge is -2.21. The van der Waals surface area contributed by atoms with E-state index in [0.29, 0.717) is 12.6 Å². The SMILES string of the molecule is CC(C)c1oc(C2CCCN2CC(=O)NC2CC2)nc1-c1ccccc1. The molecule has 5 nitrogen and oxygen atoms in total. The number of hydrogen-bond acceptors (Lipinski definition) is 4. The molecule has 1 saturated heterocycles. The third-order valence-corrected chi connectivity index (χ3v) is 5.18. The normalized spacial score (nSPS) is 20.7. The Labute approximate surface area is 154 Å². The fourth-order valence-electron chi connectivity index (χ4n) is 3.67. The van der Waals surface area contributed by atoms with Crippen LogP contribution in [-0.2, 0) is 4.79 Å². The van der Waals surface area contributed by atoms with E-state index in [1.165, 1.54) is 0 Å². The number of nitrogens with zero attached hydrogens (tertiary/aromatic N) is 2. The van der Waals surface area contributed by atoms with Gasteiger partial charge in [-0.2, -0.15) is 0 Å². The van der Waals surface area contributed by atoms with E-state index in [2.05, 4.69) is 36.2 Å². The third-order valence-electron chi connectivity index (χ3n) is 5.18. The number of rotatable bonds is 6. The summed E-state index contributed by atoms with van der Waals surface area (Å²) in [6, 6.07) is 10.7. The molecule has 1 atom stereocenters. The Morgan fingerprint density at radius 3 is 2.73 bits per heavy atom. The molecule has 1 aliphatic carbocycles. The van der Waals surface area contributed by atoms with Gasteiger partial charge in [-0.25, -0.2) is 4.98 Å². The van der Waals surface area contributed by atoms with Gasteiger partial charge in [-0.15, -0.1) is 0 Å². The van der Waals surface area contributed by atoms with Crippen LogP contribution in [0, 0.1) is 0 Å². The molecule has 2 fully saturated rings. The fraction of sp³-hybridized carbons (Fsp3) is 0.524. The number of oxazole rings is 1. The number of hydrogen-bond donors (Lipinski definition) is 1. The van der Waals surface area contributed by atoms with Crippen LogP contribution in [-0.4, -0.2) is 34.9 Å². The van der Waals surface area contributed by atoms with Gasteiger partial charge in [0.05, 0.1) is 12.6 Å². The Morgan fingerprint density at radius 1 is 1.27 bits per heavy atom. The third kappa shape index (κ3) is 3.68. The van der Waals surface area contributed by atoms with Crippen LogP contribution in [0.3, 0.4) is 0 Å². The molecule has 0 bridgehead atoms. The van der Waals surface area contributed by atoms with Crippen LogP contribution in [0.1, 0.15) is 63.1 Å². The summed E-state index contributed by atoms with van der Waals surface area (Å²) < 4.78 is 6.24. The lowest BCUT2D eigenvalue weighted by Crippen LogP contribution is -2.37. The molecule has 5 heteroatoms. The summed E-state index contributed by atoms with van der Waals surface area (Å²) in [5, 5.41) is 3.08. The van der Waals surface area contributed by atoms with Crippen molar-refractivity contribution in [3.63, 3.8) is 0 Å². The maximum absolute atomic E-state index is 12.2. The van der Waals surface area contributed by atoms with E-state index in [0.717, 1.165) is 55.1 Å². The van der Waals surface area contributed by atoms with E-state index < -0.39 is 0 Å². The van der Waals surface area contributed by atoms with Crippen LogP contribution >= 0.6 is 0 Å². The van der Waals surface area contributed by atoms with Crippen LogP contribution in [0.2, 0.25) is 0 Å². The van der Waals surface area contributed by atoms with Crippen molar-refractivity contribution in [3.05, 3.63) is 42.0 Å². The number of nitrogens with one attached hydrogen (secondary N) is 1. The second kappa shape index (κ2) is 7.23. The van der Waals surface area contributed by atoms with Gasteiger partial charge in [0.15, 0.2) is 0 Å². The van der Waals surface area contributed by atoms with Crippen molar-refractivity contribution in [3.8, 4) is 11.3 Å². The molecule has 0 spiro atoms. The first-order valence-electron chi connectivity index (χ1n) is 9.71. The van der Waals surface area contributed by atoms with E-state index in [-0.39, 0.29) is 17.9 Å². The minimum Gasteiger partial charge on any atom is -0.443 e. The van der Waals surface area contributed by atoms with Crippen molar-refractivity contribution in [2.24, 2.45) is 0 Å². The first-order chi connectivity index (χ1) is 12.6. The van der Waals surface area contributed by atoms with Gasteiger partial charge in [-0.1, -0.05) is 44.2 Å². The quantitative estimate of drug-likeness (QED) is 0.856. The van der Waals surface area contributed by atoms with Crippen molar-refractivity contribution >= 4 is 5.91 Å². The Kier molecular flexibility index (Phi) is 4.81. The van der Waals surface area contributed by atoms with Gasteiger partial charge in [-0.3, -0.25) is 9.69 Å². The summed E-state index contributed by atoms with van der Waals surface area (Å²) >= 11 is 0. The fourth-order valence-corrected chi connectivity index (χ4v) is 3.67. The molecule has 1 N–H and O–H groups in total. The lowest BCUT2D eigenvalue weighted by molar-refractivity contribution is -0.122. The number of carbonyl (C=O) groups excluding carboxylic acids is 1. The topological polar surface area (TPSA) is 58.4 Å². The van der Waals surface area contributed by atoms with Crippen molar-refractivity contribution in [2.75, 3.05) is 13.1 Å². The van der Waals surface area contributed by atoms with Crippen LogP contribution in [0.4, 0.5) is 0 Å². The Hall–Kier alpha value is -2.14. The van der Waals surface area contributed by atoms with E-state index in [4.69, 9.17) is 9.40 Å². The highest BCUT2D eigenvalue weighted by Crippen LogP contribution is 2.37. The largest absolute Gasteiger partial charge is 0.443 e. The molecule has 1 aromatic heterocycles. The molecular formula is C21H27N3O2. The van der Waals surface area contributed by atoms with Crippen LogP contribution in [0.5, 0.6) is 0 Å². The maximum Gasteiger partial charge on any atom is 0.234 e. The van der Waals surface area contributed by atoms with Crippen molar-refractivity contribution in [1.82, 2.24) is 15.2 Å². The summed E-state index contributed by atoms with van der Waals surface area (Å²) in [4.78, 5) is 19.3. The maximum atomic E-state index is 12.2. The number of benzene rings is 1. The highest BCUT2D eigenvalue weighted by molar-refractivity contribution is 5.78. The molecule has 1 saturated carbocycles. The molecule has 1 amide bonds. The molecule has 4 rings (SSSR count). The number of carbonyl (C=O) groups is 1. The molecule has 26 heavy (non-hydrogen) atoms. The molecule has 0 radical (unpaired) electrons. The van der Waals surface area contributed by atoms with Gasteiger partial charge in [0.2, 0.25) is 11.8 Å². The van der Waals surface area contributed by atoms with Gasteiger partial charge in [0.1, 0.15) is 11.5 Å². The monoisotopic (exact) mass is 353 g/mol. The summed E-state index contributed by atoms with van der Waals surface area (Å²) in [6.45, 7) is 5.61. The van der Waals surface area contributed by atoms with Gasteiger partial charge in [0.25, 0.3) is 0 Å². The Bertz CT molecular complexity index is 765. The zero-order chi connectivity index (χ0) is 18.1. The average molecular weight is 353 g/mol. The highest BCUT2D eigenvalue weighted by Gasteiger charge is 2.33. The lowest BCUT2D eigenvalue weighted by atomic mass is 10.0. The second-order valence-corrected chi connectivity index (χ2v) is 7.76. The van der Waals surface area contributed by atoms with E-state index >= 15 is 0 Å².